The number of hydrogen-bond acceptors (Lipinski definition) is 4. The maximum atomic E-state index is 14.8. The minimum Gasteiger partial charge on any atom is -0.354 e. The summed E-state index contributed by atoms with van der Waals surface area (Å²) in [6, 6.07) is 6.87. The van der Waals surface area contributed by atoms with Crippen molar-refractivity contribution in [2.75, 3.05) is 18.4 Å². The molecule has 2 aliphatic heterocycles. The van der Waals surface area contributed by atoms with Crippen molar-refractivity contribution in [1.29, 1.82) is 0 Å². The highest BCUT2D eigenvalue weighted by molar-refractivity contribution is 5.46. The molecule has 25 heavy (non-hydrogen) atoms. The van der Waals surface area contributed by atoms with Crippen molar-refractivity contribution in [3.8, 4) is 0 Å². The number of aromatic nitrogens is 2. The topological polar surface area (TPSA) is 54.5 Å². The van der Waals surface area contributed by atoms with E-state index in [4.69, 9.17) is 6.57 Å². The van der Waals surface area contributed by atoms with Crippen LogP contribution in [-0.2, 0) is 25.6 Å². The van der Waals surface area contributed by atoms with E-state index in [0.717, 1.165) is 5.56 Å². The lowest BCUT2D eigenvalue weighted by molar-refractivity contribution is -0.0621. The largest absolute Gasteiger partial charge is 0.354 e. The maximum absolute atomic E-state index is 14.8. The van der Waals surface area contributed by atoms with E-state index in [1.165, 1.54) is 9.47 Å². The summed E-state index contributed by atoms with van der Waals surface area (Å²) in [7, 11) is 0. The smallest absolute Gasteiger partial charge is 0.300 e. The van der Waals surface area contributed by atoms with E-state index in [9.17, 15) is 13.6 Å². The Kier molecular flexibility index (Phi) is 3.54. The molecule has 0 atom stereocenters. The molecule has 4 rings (SSSR count). The molecule has 0 spiro atoms. The van der Waals surface area contributed by atoms with Crippen molar-refractivity contribution in [3.05, 3.63) is 62.9 Å². The van der Waals surface area contributed by atoms with Gasteiger partial charge in [0.25, 0.3) is 5.56 Å². The number of hydrogen-bond donors (Lipinski definition) is 1. The lowest BCUT2D eigenvalue weighted by Gasteiger charge is -2.35. The molecule has 0 unspecified atom stereocenters. The molecule has 0 saturated heterocycles. The van der Waals surface area contributed by atoms with Crippen LogP contribution < -0.4 is 10.9 Å². The van der Waals surface area contributed by atoms with E-state index in [1.54, 1.807) is 24.3 Å². The Morgan fingerprint density at radius 3 is 3.04 bits per heavy atom. The quantitative estimate of drug-likeness (QED) is 0.851. The second kappa shape index (κ2) is 5.63. The van der Waals surface area contributed by atoms with E-state index >= 15 is 0 Å². The van der Waals surface area contributed by atoms with Crippen molar-refractivity contribution in [3.63, 3.8) is 0 Å². The van der Waals surface area contributed by atoms with E-state index in [2.05, 4.69) is 15.1 Å². The molecule has 8 heteroatoms. The molecule has 1 aromatic heterocycles. The van der Waals surface area contributed by atoms with Crippen molar-refractivity contribution >= 4 is 11.6 Å². The third kappa shape index (κ3) is 2.66. The summed E-state index contributed by atoms with van der Waals surface area (Å²) in [5, 5.41) is 2.87. The van der Waals surface area contributed by atoms with Gasteiger partial charge in [0.15, 0.2) is 5.69 Å². The molecular weight excluding hydrogens is 328 g/mol. The van der Waals surface area contributed by atoms with Gasteiger partial charge in [-0.3, -0.25) is 9.69 Å². The highest BCUT2D eigenvalue weighted by Gasteiger charge is 2.45. The molecule has 0 radical (unpaired) electrons. The van der Waals surface area contributed by atoms with E-state index in [1.807, 2.05) is 0 Å². The van der Waals surface area contributed by atoms with Gasteiger partial charge >= 0.3 is 5.92 Å². The van der Waals surface area contributed by atoms with Gasteiger partial charge in [-0.25, -0.2) is 4.85 Å². The molecule has 6 nitrogen and oxygen atoms in total. The zero-order chi connectivity index (χ0) is 17.6. The van der Waals surface area contributed by atoms with Crippen molar-refractivity contribution < 1.29 is 8.78 Å². The normalized spacial score (nSPS) is 18.1. The van der Waals surface area contributed by atoms with Crippen molar-refractivity contribution in [1.82, 2.24) is 14.5 Å². The fourth-order valence-electron chi connectivity index (χ4n) is 3.52. The van der Waals surface area contributed by atoms with Gasteiger partial charge in [-0.1, -0.05) is 24.3 Å². The number of alkyl halides is 2. The van der Waals surface area contributed by atoms with E-state index < -0.39 is 18.0 Å². The highest BCUT2D eigenvalue weighted by atomic mass is 19.3. The van der Waals surface area contributed by atoms with Crippen LogP contribution in [0.25, 0.3) is 4.85 Å². The van der Waals surface area contributed by atoms with Crippen LogP contribution >= 0.6 is 0 Å². The fraction of sp³-hybridized carbons (Fsp3) is 0.353. The Morgan fingerprint density at radius 2 is 2.24 bits per heavy atom. The Balaban J connectivity index is 1.70. The van der Waals surface area contributed by atoms with Crippen LogP contribution in [0.5, 0.6) is 0 Å². The van der Waals surface area contributed by atoms with Gasteiger partial charge in [0.2, 0.25) is 5.95 Å². The zero-order valence-corrected chi connectivity index (χ0v) is 13.3. The van der Waals surface area contributed by atoms with Crippen LogP contribution in [-0.4, -0.2) is 27.5 Å². The lowest BCUT2D eigenvalue weighted by Crippen LogP contribution is -2.45. The van der Waals surface area contributed by atoms with Crippen LogP contribution in [0.15, 0.2) is 29.1 Å². The van der Waals surface area contributed by atoms with Gasteiger partial charge in [0, 0.05) is 26.2 Å². The average Bonchev–Trinajstić information content (AvgIpc) is 3.02. The zero-order valence-electron chi connectivity index (χ0n) is 13.3. The van der Waals surface area contributed by atoms with Crippen LogP contribution in [0.3, 0.4) is 0 Å². The van der Waals surface area contributed by atoms with Gasteiger partial charge in [-0.05, 0) is 5.56 Å². The number of rotatable bonds is 2. The first-order valence-electron chi connectivity index (χ1n) is 7.92. The maximum Gasteiger partial charge on any atom is 0.300 e. The summed E-state index contributed by atoms with van der Waals surface area (Å²) in [6.07, 6.45) is 0. The SMILES string of the molecule is [C-]#[N+]c1cccc(CN2Cc3c(n4c(nc3=O)NCC4)C(F)(F)C2)c1. The summed E-state index contributed by atoms with van der Waals surface area (Å²) in [4.78, 5) is 21.0. The molecule has 0 amide bonds. The molecule has 0 bridgehead atoms. The van der Waals surface area contributed by atoms with Crippen LogP contribution in [0.2, 0.25) is 0 Å². The summed E-state index contributed by atoms with van der Waals surface area (Å²) in [6.45, 7) is 7.83. The number of benzene rings is 1. The van der Waals surface area contributed by atoms with Crippen molar-refractivity contribution in [2.24, 2.45) is 0 Å². The van der Waals surface area contributed by atoms with Crippen LogP contribution in [0.4, 0.5) is 20.4 Å². The fourth-order valence-corrected chi connectivity index (χ4v) is 3.52. The number of nitrogens with one attached hydrogen (secondary N) is 1. The number of nitrogens with zero attached hydrogens (tertiary/aromatic N) is 4. The Hall–Kier alpha value is -2.79. The minimum atomic E-state index is -3.13. The molecule has 2 aliphatic rings. The summed E-state index contributed by atoms with van der Waals surface area (Å²) < 4.78 is 31.1. The second-order valence-electron chi connectivity index (χ2n) is 6.28. The number of halogens is 2. The van der Waals surface area contributed by atoms with Crippen LogP contribution in [0, 0.1) is 6.57 Å². The van der Waals surface area contributed by atoms with Gasteiger partial charge in [-0.15, -0.1) is 0 Å². The van der Waals surface area contributed by atoms with Gasteiger partial charge < -0.3 is 9.88 Å². The molecule has 0 aliphatic carbocycles. The highest BCUT2D eigenvalue weighted by Crippen LogP contribution is 2.37. The first kappa shape index (κ1) is 15.7. The first-order valence-corrected chi connectivity index (χ1v) is 7.92. The van der Waals surface area contributed by atoms with E-state index in [-0.39, 0.29) is 30.3 Å². The Morgan fingerprint density at radius 1 is 1.40 bits per heavy atom. The predicted octanol–water partition coefficient (Wildman–Crippen LogP) is 2.33. The van der Waals surface area contributed by atoms with Gasteiger partial charge in [0.1, 0.15) is 5.69 Å². The molecule has 0 saturated carbocycles. The third-order valence-electron chi connectivity index (χ3n) is 4.49. The molecule has 1 aromatic carbocycles. The summed E-state index contributed by atoms with van der Waals surface area (Å²) in [5.74, 6) is -2.91. The summed E-state index contributed by atoms with van der Waals surface area (Å²) >= 11 is 0. The van der Waals surface area contributed by atoms with Crippen molar-refractivity contribution in [2.45, 2.75) is 25.6 Å². The first-order chi connectivity index (χ1) is 12.0. The third-order valence-corrected chi connectivity index (χ3v) is 4.49. The molecule has 3 heterocycles. The summed E-state index contributed by atoms with van der Waals surface area (Å²) in [5.41, 5.74) is 0.481. The Bertz CT molecular complexity index is 947. The monoisotopic (exact) mass is 343 g/mol. The van der Waals surface area contributed by atoms with Crippen LogP contribution in [0.1, 0.15) is 16.8 Å². The predicted molar refractivity (Wildman–Crippen MR) is 87.7 cm³/mol. The van der Waals surface area contributed by atoms with Gasteiger partial charge in [0.05, 0.1) is 18.7 Å². The standard InChI is InChI=1S/C17H15F2N5O/c1-20-12-4-2-3-11(7-12)8-23-9-13-14(17(18,19)10-23)24-6-5-21-16(24)22-15(13)25/h2-4,7H,5-6,8-10H2,(H,21,22,25). The molecule has 128 valence electrons. The number of fused-ring (bicyclic) bond motifs is 3. The minimum absolute atomic E-state index is 0.0602. The lowest BCUT2D eigenvalue weighted by atomic mass is 10.0. The molecule has 2 aromatic rings. The average molecular weight is 343 g/mol. The second-order valence-corrected chi connectivity index (χ2v) is 6.28. The van der Waals surface area contributed by atoms with E-state index in [0.29, 0.717) is 18.8 Å². The molecule has 0 fully saturated rings. The Labute approximate surface area is 142 Å². The number of anilines is 1. The van der Waals surface area contributed by atoms with Gasteiger partial charge in [-0.2, -0.15) is 13.8 Å². The molecule has 1 N–H and O–H groups in total. The molecular formula is C17H15F2N5O.